The lowest BCUT2D eigenvalue weighted by atomic mass is 9.83. The van der Waals surface area contributed by atoms with Gasteiger partial charge in [-0.25, -0.2) is 0 Å². The Labute approximate surface area is 297 Å². The van der Waals surface area contributed by atoms with Crippen molar-refractivity contribution in [2.24, 2.45) is 11.8 Å². The molecule has 3 aromatic carbocycles. The number of carbonyl (C=O) groups is 2. The number of nitrogens with one attached hydrogen (secondary N) is 1. The first kappa shape index (κ1) is 37.3. The summed E-state index contributed by atoms with van der Waals surface area (Å²) in [5.41, 5.74) is 5.14. The Morgan fingerprint density at radius 2 is 1.61 bits per heavy atom. The second-order valence-electron chi connectivity index (χ2n) is 12.8. The quantitative estimate of drug-likeness (QED) is 0.170. The molecular weight excluding hydrogens is 658 g/mol. The molecule has 11 heteroatoms. The fourth-order valence-corrected chi connectivity index (χ4v) is 6.75. The number of halogens is 2. The summed E-state index contributed by atoms with van der Waals surface area (Å²) in [6, 6.07) is 21.4. The number of carboxylic acids is 1. The van der Waals surface area contributed by atoms with Crippen molar-refractivity contribution in [1.29, 1.82) is 0 Å². The SMILES string of the molecule is C=C(/C=C1/OCO/C1=C/C)[C@H]1CN(CC(=O)NC(c2ccccc2C)c2ccccc2C)[C@@H](c2ccc(OCCOC(C)(F)F)cc2)[C@@H]1C(=O)O. The summed E-state index contributed by atoms with van der Waals surface area (Å²) < 4.78 is 47.2. The minimum absolute atomic E-state index is 0.0467. The van der Waals surface area contributed by atoms with E-state index in [9.17, 15) is 23.5 Å². The van der Waals surface area contributed by atoms with Crippen LogP contribution in [0.15, 0.2) is 109 Å². The molecule has 0 aliphatic carbocycles. The molecule has 2 saturated heterocycles. The Hall–Kier alpha value is -5.00. The van der Waals surface area contributed by atoms with Crippen molar-refractivity contribution in [2.45, 2.75) is 45.9 Å². The number of likely N-dealkylation sites (tertiary alicyclic amines) is 1. The molecule has 2 aliphatic rings. The number of hydrogen-bond donors (Lipinski definition) is 2. The second-order valence-corrected chi connectivity index (χ2v) is 12.8. The van der Waals surface area contributed by atoms with Gasteiger partial charge in [0.05, 0.1) is 25.1 Å². The van der Waals surface area contributed by atoms with Crippen molar-refractivity contribution < 1.29 is 42.4 Å². The van der Waals surface area contributed by atoms with Crippen LogP contribution in [0.25, 0.3) is 0 Å². The highest BCUT2D eigenvalue weighted by atomic mass is 19.3. The van der Waals surface area contributed by atoms with E-state index in [1.54, 1.807) is 36.4 Å². The molecule has 2 N–H and O–H groups in total. The molecule has 3 atom stereocenters. The van der Waals surface area contributed by atoms with Crippen LogP contribution in [-0.2, 0) is 23.8 Å². The summed E-state index contributed by atoms with van der Waals surface area (Å²) in [6.45, 7) is 10.5. The lowest BCUT2D eigenvalue weighted by Crippen LogP contribution is -2.40. The molecule has 270 valence electrons. The monoisotopic (exact) mass is 702 g/mol. The third kappa shape index (κ3) is 9.22. The number of benzene rings is 3. The zero-order valence-electron chi connectivity index (χ0n) is 29.2. The third-order valence-electron chi connectivity index (χ3n) is 9.19. The molecule has 1 amide bonds. The number of carbonyl (C=O) groups excluding carboxylic acids is 1. The molecule has 0 saturated carbocycles. The van der Waals surface area contributed by atoms with Crippen molar-refractivity contribution in [3.05, 3.63) is 136 Å². The van der Waals surface area contributed by atoms with Crippen LogP contribution in [-0.4, -0.2) is 61.1 Å². The predicted molar refractivity (Wildman–Crippen MR) is 188 cm³/mol. The molecule has 51 heavy (non-hydrogen) atoms. The molecule has 2 fully saturated rings. The number of hydrogen-bond acceptors (Lipinski definition) is 7. The van der Waals surface area contributed by atoms with Gasteiger partial charge in [0.1, 0.15) is 12.4 Å². The van der Waals surface area contributed by atoms with Crippen LogP contribution < -0.4 is 10.1 Å². The Bertz CT molecular complexity index is 1740. The van der Waals surface area contributed by atoms with E-state index in [-0.39, 0.29) is 39.0 Å². The number of nitrogens with zero attached hydrogens (tertiary/aromatic N) is 1. The Morgan fingerprint density at radius 3 is 2.18 bits per heavy atom. The highest BCUT2D eigenvalue weighted by Crippen LogP contribution is 2.45. The molecular formula is C40H44F2N2O7. The molecule has 3 aromatic rings. The van der Waals surface area contributed by atoms with E-state index >= 15 is 0 Å². The third-order valence-corrected chi connectivity index (χ3v) is 9.19. The van der Waals surface area contributed by atoms with E-state index in [2.05, 4.69) is 16.6 Å². The van der Waals surface area contributed by atoms with E-state index in [1.807, 2.05) is 74.2 Å². The van der Waals surface area contributed by atoms with E-state index < -0.39 is 36.0 Å². The lowest BCUT2D eigenvalue weighted by Gasteiger charge is -2.29. The predicted octanol–water partition coefficient (Wildman–Crippen LogP) is 7.24. The van der Waals surface area contributed by atoms with Crippen LogP contribution in [0.1, 0.15) is 53.7 Å². The van der Waals surface area contributed by atoms with Gasteiger partial charge in [-0.15, -0.1) is 0 Å². The molecule has 0 radical (unpaired) electrons. The highest BCUT2D eigenvalue weighted by Gasteiger charge is 2.48. The van der Waals surface area contributed by atoms with E-state index in [0.29, 0.717) is 35.3 Å². The highest BCUT2D eigenvalue weighted by molar-refractivity contribution is 5.80. The van der Waals surface area contributed by atoms with Crippen molar-refractivity contribution in [2.75, 3.05) is 33.1 Å². The fraction of sp³-hybridized carbons (Fsp3) is 0.350. The van der Waals surface area contributed by atoms with Crippen molar-refractivity contribution in [3.8, 4) is 5.75 Å². The van der Waals surface area contributed by atoms with Crippen LogP contribution >= 0.6 is 0 Å². The van der Waals surface area contributed by atoms with Crippen molar-refractivity contribution >= 4 is 11.9 Å². The maximum atomic E-state index is 14.1. The van der Waals surface area contributed by atoms with Gasteiger partial charge in [-0.1, -0.05) is 67.2 Å². The first-order valence-corrected chi connectivity index (χ1v) is 16.8. The number of aryl methyl sites for hydroxylation is 2. The fourth-order valence-electron chi connectivity index (χ4n) is 6.75. The number of amides is 1. The van der Waals surface area contributed by atoms with Gasteiger partial charge < -0.3 is 29.4 Å². The molecule has 0 aromatic heterocycles. The molecule has 2 heterocycles. The number of rotatable bonds is 14. The number of aliphatic carboxylic acids is 1. The first-order valence-electron chi connectivity index (χ1n) is 16.8. The molecule has 9 nitrogen and oxygen atoms in total. The molecule has 0 spiro atoms. The second kappa shape index (κ2) is 16.3. The summed E-state index contributed by atoms with van der Waals surface area (Å²) in [4.78, 5) is 29.0. The van der Waals surface area contributed by atoms with Gasteiger partial charge in [-0.3, -0.25) is 14.5 Å². The number of alkyl halides is 2. The average Bonchev–Trinajstić information content (AvgIpc) is 3.70. The Morgan fingerprint density at radius 1 is 1.00 bits per heavy atom. The van der Waals surface area contributed by atoms with Crippen LogP contribution in [0.4, 0.5) is 8.78 Å². The molecule has 0 unspecified atom stereocenters. The Kier molecular flexibility index (Phi) is 11.9. The van der Waals surface area contributed by atoms with Crippen LogP contribution in [0, 0.1) is 25.7 Å². The summed E-state index contributed by atoms with van der Waals surface area (Å²) in [7, 11) is 0. The largest absolute Gasteiger partial charge is 0.491 e. The zero-order chi connectivity index (χ0) is 36.7. The van der Waals surface area contributed by atoms with Crippen LogP contribution in [0.3, 0.4) is 0 Å². The van der Waals surface area contributed by atoms with Gasteiger partial charge in [0.15, 0.2) is 11.5 Å². The Balaban J connectivity index is 1.44. The summed E-state index contributed by atoms with van der Waals surface area (Å²) in [5.74, 6) is -1.48. The van der Waals surface area contributed by atoms with Gasteiger partial charge in [-0.05, 0) is 78.4 Å². The van der Waals surface area contributed by atoms with E-state index in [4.69, 9.17) is 14.2 Å². The van der Waals surface area contributed by atoms with Crippen LogP contribution in [0.2, 0.25) is 0 Å². The van der Waals surface area contributed by atoms with Gasteiger partial charge in [0.25, 0.3) is 0 Å². The number of ether oxygens (including phenoxy) is 4. The van der Waals surface area contributed by atoms with E-state index in [1.165, 1.54) is 0 Å². The maximum Gasteiger partial charge on any atom is 0.353 e. The number of carboxylic acid groups (broad SMARTS) is 1. The van der Waals surface area contributed by atoms with Gasteiger partial charge >= 0.3 is 12.1 Å². The van der Waals surface area contributed by atoms with Crippen molar-refractivity contribution in [3.63, 3.8) is 0 Å². The number of allylic oxidation sites excluding steroid dienone is 2. The normalized spacial score (nSPS) is 20.7. The molecule has 2 aliphatic heterocycles. The summed E-state index contributed by atoms with van der Waals surface area (Å²) >= 11 is 0. The molecule has 0 bridgehead atoms. The summed E-state index contributed by atoms with van der Waals surface area (Å²) in [6.07, 6.45) is 0.200. The minimum atomic E-state index is -3.26. The maximum absolute atomic E-state index is 14.1. The minimum Gasteiger partial charge on any atom is -0.491 e. The van der Waals surface area contributed by atoms with Gasteiger partial charge in [-0.2, -0.15) is 8.78 Å². The van der Waals surface area contributed by atoms with Crippen molar-refractivity contribution in [1.82, 2.24) is 10.2 Å². The van der Waals surface area contributed by atoms with Gasteiger partial charge in [0.2, 0.25) is 12.7 Å². The standard InChI is InChI=1S/C40H44F2N2O7/c1-6-33-34(50-24-49-33)21-27(4)32-22-44(23-35(45)43-37(30-13-9-7-11-25(30)2)31-14-10-8-12-26(31)3)38(36(32)39(46)47)28-15-17-29(18-16-28)48-19-20-51-40(5,41)42/h6-18,21,32,36-38H,4,19-20,22-24H2,1-3,5H3,(H,43,45)(H,46,47)/b33-6+,34-21+/t32-,36-,38+/m1/s1. The van der Waals surface area contributed by atoms with Gasteiger partial charge in [0, 0.05) is 25.4 Å². The first-order chi connectivity index (χ1) is 24.4. The topological polar surface area (TPSA) is 107 Å². The molecule has 5 rings (SSSR count). The lowest BCUT2D eigenvalue weighted by molar-refractivity contribution is -0.226. The van der Waals surface area contributed by atoms with Crippen LogP contribution in [0.5, 0.6) is 5.75 Å². The zero-order valence-corrected chi connectivity index (χ0v) is 29.2. The smallest absolute Gasteiger partial charge is 0.353 e. The average molecular weight is 703 g/mol. The summed E-state index contributed by atoms with van der Waals surface area (Å²) in [5, 5.41) is 13.9. The van der Waals surface area contributed by atoms with E-state index in [0.717, 1.165) is 22.3 Å².